The summed E-state index contributed by atoms with van der Waals surface area (Å²) in [6.07, 6.45) is 2.24. The summed E-state index contributed by atoms with van der Waals surface area (Å²) in [6, 6.07) is 14.1. The highest BCUT2D eigenvalue weighted by atomic mass is 16.5. The predicted molar refractivity (Wildman–Crippen MR) is 93.2 cm³/mol. The van der Waals surface area contributed by atoms with Crippen LogP contribution in [0.25, 0.3) is 0 Å². The third kappa shape index (κ3) is 3.13. The van der Waals surface area contributed by atoms with E-state index in [0.29, 0.717) is 18.9 Å². The number of rotatable bonds is 5. The molecular formula is C19H24N2O2. The zero-order valence-electron chi connectivity index (χ0n) is 13.5. The van der Waals surface area contributed by atoms with Crippen LogP contribution in [0.1, 0.15) is 30.5 Å². The van der Waals surface area contributed by atoms with Gasteiger partial charge in [-0.3, -0.25) is 0 Å². The van der Waals surface area contributed by atoms with Crippen molar-refractivity contribution in [3.05, 3.63) is 53.6 Å². The van der Waals surface area contributed by atoms with Crippen molar-refractivity contribution in [2.75, 3.05) is 24.6 Å². The Morgan fingerprint density at radius 3 is 2.87 bits per heavy atom. The fourth-order valence-electron chi connectivity index (χ4n) is 3.34. The number of para-hydroxylation sites is 1. The van der Waals surface area contributed by atoms with Crippen molar-refractivity contribution in [1.82, 2.24) is 0 Å². The molecule has 0 saturated carbocycles. The van der Waals surface area contributed by atoms with Crippen LogP contribution < -0.4 is 15.4 Å². The number of fused-ring (bicyclic) bond motifs is 1. The Labute approximate surface area is 137 Å². The smallest absolute Gasteiger partial charge is 0.161 e. The van der Waals surface area contributed by atoms with Gasteiger partial charge in [-0.1, -0.05) is 24.3 Å². The van der Waals surface area contributed by atoms with Crippen LogP contribution in [0.4, 0.5) is 5.69 Å². The van der Waals surface area contributed by atoms with Crippen LogP contribution in [0.15, 0.2) is 42.5 Å². The van der Waals surface area contributed by atoms with Crippen LogP contribution in [0.3, 0.4) is 0 Å². The van der Waals surface area contributed by atoms with E-state index in [-0.39, 0.29) is 11.8 Å². The highest BCUT2D eigenvalue weighted by Crippen LogP contribution is 2.36. The van der Waals surface area contributed by atoms with E-state index in [9.17, 15) is 5.11 Å². The van der Waals surface area contributed by atoms with E-state index in [2.05, 4.69) is 29.2 Å². The molecule has 0 fully saturated rings. The van der Waals surface area contributed by atoms with Gasteiger partial charge in [-0.15, -0.1) is 0 Å². The number of nitrogens with zero attached hydrogens (tertiary/aromatic N) is 1. The average molecular weight is 312 g/mol. The maximum Gasteiger partial charge on any atom is 0.161 e. The topological polar surface area (TPSA) is 58.7 Å². The Kier molecular flexibility index (Phi) is 4.72. The third-order valence-corrected chi connectivity index (χ3v) is 4.41. The van der Waals surface area contributed by atoms with E-state index in [1.165, 1.54) is 11.3 Å². The lowest BCUT2D eigenvalue weighted by Crippen LogP contribution is -2.37. The number of phenolic OH excluding ortho intramolecular Hbond substituents is 1. The molecule has 3 rings (SSSR count). The summed E-state index contributed by atoms with van der Waals surface area (Å²) in [7, 11) is 0. The van der Waals surface area contributed by atoms with Gasteiger partial charge in [0.05, 0.1) is 12.6 Å². The van der Waals surface area contributed by atoms with Crippen molar-refractivity contribution in [3.63, 3.8) is 0 Å². The van der Waals surface area contributed by atoms with Gasteiger partial charge >= 0.3 is 0 Å². The molecule has 4 heteroatoms. The molecule has 0 spiro atoms. The lowest BCUT2D eigenvalue weighted by atomic mass is 9.97. The quantitative estimate of drug-likeness (QED) is 0.890. The standard InChI is InChI=1S/C19H24N2O2/c1-2-23-19-12-15(9-10-18(19)22)17(13-20)21-11-5-7-14-6-3-4-8-16(14)21/h3-4,6,8-10,12,17,22H,2,5,7,11,13,20H2,1H3. The number of ether oxygens (including phenoxy) is 1. The van der Waals surface area contributed by atoms with E-state index in [1.54, 1.807) is 6.07 Å². The molecule has 1 atom stereocenters. The number of nitrogens with two attached hydrogens (primary N) is 1. The first-order chi connectivity index (χ1) is 11.2. The lowest BCUT2D eigenvalue weighted by Gasteiger charge is -2.38. The molecule has 0 amide bonds. The van der Waals surface area contributed by atoms with Crippen molar-refractivity contribution in [2.24, 2.45) is 5.73 Å². The van der Waals surface area contributed by atoms with E-state index >= 15 is 0 Å². The molecule has 0 aromatic heterocycles. The monoisotopic (exact) mass is 312 g/mol. The maximum absolute atomic E-state index is 9.92. The number of anilines is 1. The summed E-state index contributed by atoms with van der Waals surface area (Å²) in [4.78, 5) is 2.38. The van der Waals surface area contributed by atoms with Crippen molar-refractivity contribution in [2.45, 2.75) is 25.8 Å². The normalized spacial score (nSPS) is 15.1. The van der Waals surface area contributed by atoms with E-state index < -0.39 is 0 Å². The number of hydrogen-bond acceptors (Lipinski definition) is 4. The summed E-state index contributed by atoms with van der Waals surface area (Å²) in [5.41, 5.74) is 9.82. The number of aromatic hydroxyl groups is 1. The first-order valence-corrected chi connectivity index (χ1v) is 8.25. The summed E-state index contributed by atoms with van der Waals surface area (Å²) >= 11 is 0. The van der Waals surface area contributed by atoms with E-state index in [0.717, 1.165) is 24.9 Å². The number of aryl methyl sites for hydroxylation is 1. The van der Waals surface area contributed by atoms with Crippen molar-refractivity contribution < 1.29 is 9.84 Å². The summed E-state index contributed by atoms with van der Waals surface area (Å²) in [6.45, 7) is 3.94. The van der Waals surface area contributed by atoms with E-state index in [4.69, 9.17) is 10.5 Å². The zero-order valence-corrected chi connectivity index (χ0v) is 13.5. The fraction of sp³-hybridized carbons (Fsp3) is 0.368. The zero-order chi connectivity index (χ0) is 16.2. The molecule has 1 aliphatic rings. The van der Waals surface area contributed by atoms with Crippen LogP contribution >= 0.6 is 0 Å². The Morgan fingerprint density at radius 1 is 1.26 bits per heavy atom. The van der Waals surface area contributed by atoms with Crippen molar-refractivity contribution in [3.8, 4) is 11.5 Å². The van der Waals surface area contributed by atoms with Crippen LogP contribution in [0, 0.1) is 0 Å². The first-order valence-electron chi connectivity index (χ1n) is 8.25. The number of phenols is 1. The van der Waals surface area contributed by atoms with Crippen LogP contribution in [-0.4, -0.2) is 24.8 Å². The van der Waals surface area contributed by atoms with Crippen molar-refractivity contribution >= 4 is 5.69 Å². The molecule has 0 saturated heterocycles. The Hall–Kier alpha value is -2.20. The second-order valence-electron chi connectivity index (χ2n) is 5.84. The van der Waals surface area contributed by atoms with Crippen molar-refractivity contribution in [1.29, 1.82) is 0 Å². The molecule has 1 unspecified atom stereocenters. The summed E-state index contributed by atoms with van der Waals surface area (Å²) < 4.78 is 5.52. The van der Waals surface area contributed by atoms with Gasteiger partial charge in [0, 0.05) is 18.8 Å². The maximum atomic E-state index is 9.92. The number of hydrogen-bond donors (Lipinski definition) is 2. The van der Waals surface area contributed by atoms with E-state index in [1.807, 2.05) is 19.1 Å². The van der Waals surface area contributed by atoms with Crippen LogP contribution in [-0.2, 0) is 6.42 Å². The summed E-state index contributed by atoms with van der Waals surface area (Å²) in [5, 5.41) is 9.92. The average Bonchev–Trinajstić information content (AvgIpc) is 2.59. The van der Waals surface area contributed by atoms with Crippen LogP contribution in [0.5, 0.6) is 11.5 Å². The highest BCUT2D eigenvalue weighted by Gasteiger charge is 2.25. The molecule has 0 aliphatic carbocycles. The molecular weight excluding hydrogens is 288 g/mol. The third-order valence-electron chi connectivity index (χ3n) is 4.41. The second kappa shape index (κ2) is 6.92. The molecule has 23 heavy (non-hydrogen) atoms. The molecule has 1 heterocycles. The molecule has 2 aromatic rings. The molecule has 122 valence electrons. The van der Waals surface area contributed by atoms with Crippen LogP contribution in [0.2, 0.25) is 0 Å². The highest BCUT2D eigenvalue weighted by molar-refractivity contribution is 5.58. The molecule has 0 bridgehead atoms. The molecule has 3 N–H and O–H groups in total. The van der Waals surface area contributed by atoms with Gasteiger partial charge in [-0.25, -0.2) is 0 Å². The SMILES string of the molecule is CCOc1cc(C(CN)N2CCCc3ccccc32)ccc1O. The largest absolute Gasteiger partial charge is 0.504 e. The predicted octanol–water partition coefficient (Wildman–Crippen LogP) is 3.24. The van der Waals surface area contributed by atoms with Gasteiger partial charge in [-0.2, -0.15) is 0 Å². The minimum atomic E-state index is 0.0799. The van der Waals surface area contributed by atoms with Gasteiger partial charge in [0.2, 0.25) is 0 Å². The minimum absolute atomic E-state index is 0.0799. The molecule has 2 aromatic carbocycles. The Balaban J connectivity index is 1.96. The van der Waals surface area contributed by atoms with Gasteiger partial charge in [0.15, 0.2) is 11.5 Å². The molecule has 4 nitrogen and oxygen atoms in total. The van der Waals surface area contributed by atoms with Gasteiger partial charge in [0.1, 0.15) is 0 Å². The lowest BCUT2D eigenvalue weighted by molar-refractivity contribution is 0.317. The van der Waals surface area contributed by atoms with Gasteiger partial charge in [0.25, 0.3) is 0 Å². The Bertz CT molecular complexity index is 672. The Morgan fingerprint density at radius 2 is 2.09 bits per heavy atom. The summed E-state index contributed by atoms with van der Waals surface area (Å²) in [5.74, 6) is 0.694. The minimum Gasteiger partial charge on any atom is -0.504 e. The first kappa shape index (κ1) is 15.7. The fourth-order valence-corrected chi connectivity index (χ4v) is 3.34. The second-order valence-corrected chi connectivity index (χ2v) is 5.84. The van der Waals surface area contributed by atoms with Gasteiger partial charge in [-0.05, 0) is 49.1 Å². The molecule has 0 radical (unpaired) electrons. The van der Waals surface area contributed by atoms with Gasteiger partial charge < -0.3 is 20.5 Å². The molecule has 1 aliphatic heterocycles. The number of benzene rings is 2.